The summed E-state index contributed by atoms with van der Waals surface area (Å²) in [5, 5.41) is 8.03. The summed E-state index contributed by atoms with van der Waals surface area (Å²) in [7, 11) is 1.96. The van der Waals surface area contributed by atoms with Crippen LogP contribution in [0.15, 0.2) is 6.07 Å². The van der Waals surface area contributed by atoms with E-state index in [-0.39, 0.29) is 5.54 Å². The van der Waals surface area contributed by atoms with Gasteiger partial charge in [0.05, 0.1) is 23.4 Å². The van der Waals surface area contributed by atoms with Crippen LogP contribution in [-0.2, 0) is 10.3 Å². The second-order valence-corrected chi connectivity index (χ2v) is 6.17. The van der Waals surface area contributed by atoms with E-state index in [1.54, 1.807) is 0 Å². The van der Waals surface area contributed by atoms with Gasteiger partial charge in [-0.05, 0) is 33.6 Å². The fourth-order valence-electron chi connectivity index (χ4n) is 2.78. The molecule has 1 aliphatic heterocycles. The first-order valence-corrected chi connectivity index (χ1v) is 6.42. The molecule has 1 saturated heterocycles. The van der Waals surface area contributed by atoms with Gasteiger partial charge in [0, 0.05) is 19.0 Å². The first kappa shape index (κ1) is 11.1. The molecule has 3 atom stereocenters. The standard InChI is InChI=1S/C13H21N3O/c1-13(2,3)16-12(14-4)7-9(15-16)8-5-10-11(6-8)17-10/h7-8,10-11,14H,5-6H2,1-4H3/t8-,10-,11+. The number of anilines is 1. The van der Waals surface area contributed by atoms with Crippen molar-refractivity contribution in [2.24, 2.45) is 0 Å². The zero-order chi connectivity index (χ0) is 12.2. The minimum Gasteiger partial charge on any atom is -0.373 e. The molecule has 0 amide bonds. The van der Waals surface area contributed by atoms with Gasteiger partial charge < -0.3 is 10.1 Å². The molecule has 2 aliphatic rings. The number of nitrogens with zero attached hydrogens (tertiary/aromatic N) is 2. The fraction of sp³-hybridized carbons (Fsp3) is 0.769. The summed E-state index contributed by atoms with van der Waals surface area (Å²) in [5.41, 5.74) is 1.24. The second-order valence-electron chi connectivity index (χ2n) is 6.17. The van der Waals surface area contributed by atoms with Crippen molar-refractivity contribution in [2.45, 2.75) is 57.3 Å². The highest BCUT2D eigenvalue weighted by Gasteiger charge is 2.49. The Morgan fingerprint density at radius 3 is 2.47 bits per heavy atom. The van der Waals surface area contributed by atoms with Crippen LogP contribution in [0.3, 0.4) is 0 Å². The molecule has 0 spiro atoms. The number of nitrogens with one attached hydrogen (secondary N) is 1. The smallest absolute Gasteiger partial charge is 0.124 e. The Kier molecular flexibility index (Phi) is 2.27. The molecule has 1 aromatic heterocycles. The van der Waals surface area contributed by atoms with Crippen LogP contribution in [0.4, 0.5) is 5.82 Å². The average molecular weight is 235 g/mol. The van der Waals surface area contributed by atoms with Gasteiger partial charge in [0.2, 0.25) is 0 Å². The Morgan fingerprint density at radius 2 is 2.00 bits per heavy atom. The lowest BCUT2D eigenvalue weighted by Gasteiger charge is -2.22. The Morgan fingerprint density at radius 1 is 1.35 bits per heavy atom. The van der Waals surface area contributed by atoms with Crippen LogP contribution in [0.25, 0.3) is 0 Å². The van der Waals surface area contributed by atoms with Crippen LogP contribution in [0.5, 0.6) is 0 Å². The van der Waals surface area contributed by atoms with E-state index >= 15 is 0 Å². The Bertz CT molecular complexity index is 422. The lowest BCUT2D eigenvalue weighted by atomic mass is 10.0. The molecule has 1 aliphatic carbocycles. The molecule has 1 saturated carbocycles. The summed E-state index contributed by atoms with van der Waals surface area (Å²) in [6.45, 7) is 6.54. The minimum atomic E-state index is 0.0224. The fourth-order valence-corrected chi connectivity index (χ4v) is 2.78. The van der Waals surface area contributed by atoms with Gasteiger partial charge in [-0.2, -0.15) is 5.10 Å². The van der Waals surface area contributed by atoms with E-state index in [1.165, 1.54) is 5.69 Å². The van der Waals surface area contributed by atoms with Crippen molar-refractivity contribution in [1.29, 1.82) is 0 Å². The lowest BCUT2D eigenvalue weighted by Crippen LogP contribution is -2.24. The highest BCUT2D eigenvalue weighted by atomic mass is 16.6. The number of fused-ring (bicyclic) bond motifs is 1. The van der Waals surface area contributed by atoms with Crippen LogP contribution in [0, 0.1) is 0 Å². The van der Waals surface area contributed by atoms with Gasteiger partial charge >= 0.3 is 0 Å². The van der Waals surface area contributed by atoms with Crippen molar-refractivity contribution in [1.82, 2.24) is 9.78 Å². The summed E-state index contributed by atoms with van der Waals surface area (Å²) >= 11 is 0. The average Bonchev–Trinajstić information content (AvgIpc) is 2.75. The number of epoxide rings is 1. The molecule has 2 heterocycles. The van der Waals surface area contributed by atoms with Crippen LogP contribution < -0.4 is 5.32 Å². The van der Waals surface area contributed by atoms with Crippen LogP contribution in [-0.4, -0.2) is 29.0 Å². The normalized spacial score (nSPS) is 31.4. The second kappa shape index (κ2) is 3.48. The molecule has 4 heteroatoms. The molecule has 17 heavy (non-hydrogen) atoms. The van der Waals surface area contributed by atoms with E-state index < -0.39 is 0 Å². The lowest BCUT2D eigenvalue weighted by molar-refractivity contribution is 0.299. The van der Waals surface area contributed by atoms with Crippen LogP contribution in [0.1, 0.15) is 45.2 Å². The summed E-state index contributed by atoms with van der Waals surface area (Å²) in [6, 6.07) is 2.20. The molecule has 3 rings (SSSR count). The summed E-state index contributed by atoms with van der Waals surface area (Å²) in [6.07, 6.45) is 3.35. The van der Waals surface area contributed by atoms with Gasteiger partial charge in [0.25, 0.3) is 0 Å². The third-order valence-electron chi connectivity index (χ3n) is 3.76. The van der Waals surface area contributed by atoms with E-state index in [0.717, 1.165) is 18.7 Å². The van der Waals surface area contributed by atoms with Gasteiger partial charge in [-0.3, -0.25) is 0 Å². The molecule has 0 radical (unpaired) electrons. The molecule has 1 N–H and O–H groups in total. The minimum absolute atomic E-state index is 0.0224. The van der Waals surface area contributed by atoms with Crippen molar-refractivity contribution in [3.63, 3.8) is 0 Å². The Balaban J connectivity index is 1.88. The topological polar surface area (TPSA) is 42.4 Å². The van der Waals surface area contributed by atoms with Crippen LogP contribution >= 0.6 is 0 Å². The van der Waals surface area contributed by atoms with E-state index in [0.29, 0.717) is 18.1 Å². The van der Waals surface area contributed by atoms with E-state index in [9.17, 15) is 0 Å². The predicted molar refractivity (Wildman–Crippen MR) is 67.4 cm³/mol. The molecule has 0 aromatic carbocycles. The maximum absolute atomic E-state index is 5.48. The van der Waals surface area contributed by atoms with E-state index in [1.807, 2.05) is 7.05 Å². The zero-order valence-electron chi connectivity index (χ0n) is 11.0. The van der Waals surface area contributed by atoms with Gasteiger partial charge in [-0.25, -0.2) is 4.68 Å². The largest absolute Gasteiger partial charge is 0.373 e. The highest BCUT2D eigenvalue weighted by molar-refractivity contribution is 5.39. The van der Waals surface area contributed by atoms with Gasteiger partial charge in [0.15, 0.2) is 0 Å². The number of rotatable bonds is 2. The number of aromatic nitrogens is 2. The SMILES string of the molecule is CNc1cc([C@H]2C[C@@H]3O[C@@H]3C2)nn1C(C)(C)C. The van der Waals surface area contributed by atoms with Crippen molar-refractivity contribution in [3.05, 3.63) is 11.8 Å². The molecular weight excluding hydrogens is 214 g/mol. The van der Waals surface area contributed by atoms with Gasteiger partial charge in [0.1, 0.15) is 5.82 Å². The molecule has 94 valence electrons. The van der Waals surface area contributed by atoms with Gasteiger partial charge in [-0.1, -0.05) is 0 Å². The van der Waals surface area contributed by atoms with E-state index in [4.69, 9.17) is 9.84 Å². The molecule has 2 fully saturated rings. The van der Waals surface area contributed by atoms with Crippen molar-refractivity contribution in [2.75, 3.05) is 12.4 Å². The number of hydrogen-bond acceptors (Lipinski definition) is 3. The summed E-state index contributed by atoms with van der Waals surface area (Å²) in [4.78, 5) is 0. The summed E-state index contributed by atoms with van der Waals surface area (Å²) in [5.74, 6) is 1.70. The van der Waals surface area contributed by atoms with Crippen LogP contribution in [0.2, 0.25) is 0 Å². The van der Waals surface area contributed by atoms with Crippen molar-refractivity contribution in [3.8, 4) is 0 Å². The first-order valence-electron chi connectivity index (χ1n) is 6.42. The number of hydrogen-bond donors (Lipinski definition) is 1. The predicted octanol–water partition coefficient (Wildman–Crippen LogP) is 2.32. The zero-order valence-corrected chi connectivity index (χ0v) is 11.0. The highest BCUT2D eigenvalue weighted by Crippen LogP contribution is 2.47. The van der Waals surface area contributed by atoms with Crippen molar-refractivity contribution < 1.29 is 4.74 Å². The molecular formula is C13H21N3O. The molecule has 4 nitrogen and oxygen atoms in total. The van der Waals surface area contributed by atoms with Gasteiger partial charge in [-0.15, -0.1) is 0 Å². The maximum atomic E-state index is 5.48. The quantitative estimate of drug-likeness (QED) is 0.800. The monoisotopic (exact) mass is 235 g/mol. The molecule has 0 bridgehead atoms. The summed E-state index contributed by atoms with van der Waals surface area (Å²) < 4.78 is 7.58. The Hall–Kier alpha value is -1.03. The third kappa shape index (κ3) is 1.84. The number of ether oxygens (including phenoxy) is 1. The third-order valence-corrected chi connectivity index (χ3v) is 3.76. The Labute approximate surface area is 102 Å². The first-order chi connectivity index (χ1) is 7.99. The van der Waals surface area contributed by atoms with Crippen molar-refractivity contribution >= 4 is 5.82 Å². The van der Waals surface area contributed by atoms with E-state index in [2.05, 4.69) is 36.8 Å². The maximum Gasteiger partial charge on any atom is 0.124 e. The molecule has 1 aromatic rings. The molecule has 0 unspecified atom stereocenters.